The van der Waals surface area contributed by atoms with Crippen molar-refractivity contribution in [3.8, 4) is 0 Å². The second-order valence-electron chi connectivity index (χ2n) is 5.59. The third-order valence-corrected chi connectivity index (χ3v) is 3.28. The monoisotopic (exact) mass is 270 g/mol. The Kier molecular flexibility index (Phi) is 4.33. The summed E-state index contributed by atoms with van der Waals surface area (Å²) < 4.78 is 13.3. The van der Waals surface area contributed by atoms with Gasteiger partial charge in [-0.05, 0) is 48.6 Å². The van der Waals surface area contributed by atoms with Crippen LogP contribution in [0.4, 0.5) is 4.39 Å². The van der Waals surface area contributed by atoms with Crippen LogP contribution in [0.3, 0.4) is 0 Å². The lowest BCUT2D eigenvalue weighted by Gasteiger charge is -2.09. The summed E-state index contributed by atoms with van der Waals surface area (Å²) in [6.07, 6.45) is 0.934. The van der Waals surface area contributed by atoms with E-state index in [-0.39, 0.29) is 11.6 Å². The Morgan fingerprint density at radius 1 is 1.15 bits per heavy atom. The lowest BCUT2D eigenvalue weighted by Crippen LogP contribution is -2.05. The third kappa shape index (κ3) is 3.32. The highest BCUT2D eigenvalue weighted by Gasteiger charge is 2.13. The SMILES string of the molecule is Cc1ccc(F)cc1C(=O)c1cccc(CC(C)C)c1. The molecule has 0 heterocycles. The predicted octanol–water partition coefficient (Wildman–Crippen LogP) is 4.56. The van der Waals surface area contributed by atoms with Crippen LogP contribution in [0, 0.1) is 18.7 Å². The van der Waals surface area contributed by atoms with Crippen molar-refractivity contribution in [2.24, 2.45) is 5.92 Å². The van der Waals surface area contributed by atoms with Crippen molar-refractivity contribution < 1.29 is 9.18 Å². The minimum Gasteiger partial charge on any atom is -0.289 e. The van der Waals surface area contributed by atoms with Crippen LogP contribution >= 0.6 is 0 Å². The highest BCUT2D eigenvalue weighted by Crippen LogP contribution is 2.18. The van der Waals surface area contributed by atoms with E-state index in [1.165, 1.54) is 12.1 Å². The Hall–Kier alpha value is -1.96. The van der Waals surface area contributed by atoms with E-state index in [2.05, 4.69) is 13.8 Å². The molecule has 1 nitrogen and oxygen atoms in total. The molecule has 2 aromatic carbocycles. The zero-order valence-electron chi connectivity index (χ0n) is 12.1. The second kappa shape index (κ2) is 6.00. The predicted molar refractivity (Wildman–Crippen MR) is 79.6 cm³/mol. The first kappa shape index (κ1) is 14.4. The molecule has 0 saturated carbocycles. The zero-order valence-corrected chi connectivity index (χ0v) is 12.1. The molecule has 0 saturated heterocycles. The Bertz CT molecular complexity index is 629. The maximum Gasteiger partial charge on any atom is 0.193 e. The molecule has 20 heavy (non-hydrogen) atoms. The average Bonchev–Trinajstić information content (AvgIpc) is 2.40. The normalized spacial score (nSPS) is 10.8. The van der Waals surface area contributed by atoms with Crippen molar-refractivity contribution in [2.75, 3.05) is 0 Å². The van der Waals surface area contributed by atoms with Crippen molar-refractivity contribution in [3.63, 3.8) is 0 Å². The topological polar surface area (TPSA) is 17.1 Å². The average molecular weight is 270 g/mol. The highest BCUT2D eigenvalue weighted by molar-refractivity contribution is 6.09. The minimum atomic E-state index is -0.378. The van der Waals surface area contributed by atoms with Crippen LogP contribution in [-0.2, 0) is 6.42 Å². The van der Waals surface area contributed by atoms with E-state index in [0.29, 0.717) is 17.0 Å². The Morgan fingerprint density at radius 3 is 2.60 bits per heavy atom. The van der Waals surface area contributed by atoms with Crippen LogP contribution in [0.15, 0.2) is 42.5 Å². The first-order valence-corrected chi connectivity index (χ1v) is 6.87. The summed E-state index contributed by atoms with van der Waals surface area (Å²) in [5.41, 5.74) is 2.99. The van der Waals surface area contributed by atoms with Gasteiger partial charge in [0.05, 0.1) is 0 Å². The summed E-state index contributed by atoms with van der Waals surface area (Å²) in [6, 6.07) is 11.9. The fourth-order valence-corrected chi connectivity index (χ4v) is 2.31. The van der Waals surface area contributed by atoms with Crippen molar-refractivity contribution >= 4 is 5.78 Å². The first-order valence-electron chi connectivity index (χ1n) is 6.87. The molecule has 0 aromatic heterocycles. The number of carbonyl (C=O) groups is 1. The maximum atomic E-state index is 13.3. The van der Waals surface area contributed by atoms with E-state index in [9.17, 15) is 9.18 Å². The van der Waals surface area contributed by atoms with Crippen molar-refractivity contribution in [2.45, 2.75) is 27.2 Å². The lowest BCUT2D eigenvalue weighted by molar-refractivity contribution is 0.103. The molecule has 2 aromatic rings. The molecule has 0 atom stereocenters. The molecule has 0 aliphatic carbocycles. The fourth-order valence-electron chi connectivity index (χ4n) is 2.31. The van der Waals surface area contributed by atoms with Crippen molar-refractivity contribution in [1.82, 2.24) is 0 Å². The second-order valence-corrected chi connectivity index (χ2v) is 5.59. The Labute approximate surface area is 119 Å². The molecule has 2 rings (SSSR count). The summed E-state index contributed by atoms with van der Waals surface area (Å²) in [6.45, 7) is 6.11. The van der Waals surface area contributed by atoms with E-state index in [4.69, 9.17) is 0 Å². The van der Waals surface area contributed by atoms with Gasteiger partial charge < -0.3 is 0 Å². The quantitative estimate of drug-likeness (QED) is 0.744. The highest BCUT2D eigenvalue weighted by atomic mass is 19.1. The summed E-state index contributed by atoms with van der Waals surface area (Å²) in [5, 5.41) is 0. The van der Waals surface area contributed by atoms with Gasteiger partial charge in [0, 0.05) is 11.1 Å². The van der Waals surface area contributed by atoms with Gasteiger partial charge in [-0.2, -0.15) is 0 Å². The third-order valence-electron chi connectivity index (χ3n) is 3.28. The van der Waals surface area contributed by atoms with E-state index < -0.39 is 0 Å². The summed E-state index contributed by atoms with van der Waals surface area (Å²) in [7, 11) is 0. The van der Waals surface area contributed by atoms with Crippen LogP contribution in [0.2, 0.25) is 0 Å². The Morgan fingerprint density at radius 2 is 1.90 bits per heavy atom. The van der Waals surface area contributed by atoms with Gasteiger partial charge in [-0.1, -0.05) is 38.1 Å². The van der Waals surface area contributed by atoms with Crippen LogP contribution in [0.5, 0.6) is 0 Å². The molecule has 0 spiro atoms. The van der Waals surface area contributed by atoms with Gasteiger partial charge in [0.15, 0.2) is 5.78 Å². The van der Waals surface area contributed by atoms with Crippen molar-refractivity contribution in [3.05, 3.63) is 70.5 Å². The zero-order chi connectivity index (χ0) is 14.7. The molecule has 104 valence electrons. The lowest BCUT2D eigenvalue weighted by atomic mass is 9.95. The molecule has 0 aliphatic heterocycles. The number of aryl methyl sites for hydroxylation is 1. The fraction of sp³-hybridized carbons (Fsp3) is 0.278. The van der Waals surface area contributed by atoms with Crippen LogP contribution in [-0.4, -0.2) is 5.78 Å². The summed E-state index contributed by atoms with van der Waals surface area (Å²) >= 11 is 0. The molecule has 0 aliphatic rings. The number of hydrogen-bond donors (Lipinski definition) is 0. The number of benzene rings is 2. The Balaban J connectivity index is 2.35. The molecule has 0 unspecified atom stereocenters. The molecule has 0 radical (unpaired) electrons. The van der Waals surface area contributed by atoms with Crippen LogP contribution in [0.25, 0.3) is 0 Å². The van der Waals surface area contributed by atoms with E-state index in [1.807, 2.05) is 25.1 Å². The van der Waals surface area contributed by atoms with Crippen molar-refractivity contribution in [1.29, 1.82) is 0 Å². The molecule has 0 N–H and O–H groups in total. The van der Waals surface area contributed by atoms with Gasteiger partial charge in [-0.15, -0.1) is 0 Å². The number of hydrogen-bond acceptors (Lipinski definition) is 1. The maximum absolute atomic E-state index is 13.3. The molecule has 0 amide bonds. The molecule has 0 bridgehead atoms. The van der Waals surface area contributed by atoms with Crippen LogP contribution in [0.1, 0.15) is 40.9 Å². The number of rotatable bonds is 4. The van der Waals surface area contributed by atoms with Gasteiger partial charge in [-0.3, -0.25) is 4.79 Å². The summed E-state index contributed by atoms with van der Waals surface area (Å²) in [5.74, 6) is 0.0427. The van der Waals surface area contributed by atoms with Gasteiger partial charge in [0.2, 0.25) is 0 Å². The summed E-state index contributed by atoms with van der Waals surface area (Å²) in [4.78, 5) is 12.5. The van der Waals surface area contributed by atoms with E-state index in [0.717, 1.165) is 17.5 Å². The number of carbonyl (C=O) groups excluding carboxylic acids is 1. The van der Waals surface area contributed by atoms with Gasteiger partial charge in [-0.25, -0.2) is 4.39 Å². The largest absolute Gasteiger partial charge is 0.289 e. The van der Waals surface area contributed by atoms with Gasteiger partial charge in [0.1, 0.15) is 5.82 Å². The molecular formula is C18H19FO. The van der Waals surface area contributed by atoms with E-state index in [1.54, 1.807) is 12.1 Å². The van der Waals surface area contributed by atoms with Crippen LogP contribution < -0.4 is 0 Å². The van der Waals surface area contributed by atoms with E-state index >= 15 is 0 Å². The number of ketones is 1. The molecule has 0 fully saturated rings. The van der Waals surface area contributed by atoms with Gasteiger partial charge >= 0.3 is 0 Å². The smallest absolute Gasteiger partial charge is 0.193 e. The first-order chi connectivity index (χ1) is 9.47. The standard InChI is InChI=1S/C18H19FO/c1-12(2)9-14-5-4-6-15(10-14)18(20)17-11-16(19)8-7-13(17)3/h4-8,10-12H,9H2,1-3H3. The molecule has 2 heteroatoms. The van der Waals surface area contributed by atoms with Gasteiger partial charge in [0.25, 0.3) is 0 Å². The molecular weight excluding hydrogens is 251 g/mol. The number of halogens is 1. The minimum absolute atomic E-state index is 0.118.